The molecule has 0 spiro atoms. The Hall–Kier alpha value is -0.120. The van der Waals surface area contributed by atoms with Crippen LogP contribution in [-0.4, -0.2) is 55.1 Å². The van der Waals surface area contributed by atoms with E-state index in [1.807, 2.05) is 0 Å². The second-order valence-electron chi connectivity index (χ2n) is 4.82. The quantitative estimate of drug-likeness (QED) is 0.715. The van der Waals surface area contributed by atoms with Crippen molar-refractivity contribution in [2.75, 3.05) is 33.2 Å². The Labute approximate surface area is 87.2 Å². The fraction of sp³-hybridized carbons (Fsp3) is 1.00. The lowest BCUT2D eigenvalue weighted by atomic mass is 10.1. The minimum Gasteiger partial charge on any atom is -0.330 e. The molecule has 0 aromatic heterocycles. The van der Waals surface area contributed by atoms with E-state index in [1.54, 1.807) is 0 Å². The lowest BCUT2D eigenvalue weighted by Gasteiger charge is -2.30. The monoisotopic (exact) mass is 197 g/mol. The van der Waals surface area contributed by atoms with Gasteiger partial charge < -0.3 is 10.6 Å². The molecule has 1 heterocycles. The van der Waals surface area contributed by atoms with Crippen molar-refractivity contribution in [2.45, 2.75) is 37.8 Å². The van der Waals surface area contributed by atoms with Gasteiger partial charge in [-0.15, -0.1) is 0 Å². The number of nitrogens with zero attached hydrogens (tertiary/aromatic N) is 2. The predicted molar refractivity (Wildman–Crippen MR) is 59.3 cm³/mol. The van der Waals surface area contributed by atoms with E-state index in [2.05, 4.69) is 16.8 Å². The second kappa shape index (κ2) is 4.60. The van der Waals surface area contributed by atoms with Gasteiger partial charge in [-0.25, -0.2) is 0 Å². The molecule has 3 heteroatoms. The van der Waals surface area contributed by atoms with Gasteiger partial charge in [0.1, 0.15) is 0 Å². The SMILES string of the molecule is CN1CCCN(C2CC2)C(CCN)C1. The third kappa shape index (κ3) is 2.47. The summed E-state index contributed by atoms with van der Waals surface area (Å²) in [5, 5.41) is 0. The standard InChI is InChI=1S/C11H23N3/c1-13-7-2-8-14(10-3-4-10)11(9-13)5-6-12/h10-11H,2-9,12H2,1H3. The Morgan fingerprint density at radius 2 is 2.07 bits per heavy atom. The molecule has 0 radical (unpaired) electrons. The van der Waals surface area contributed by atoms with Crippen LogP contribution in [0.1, 0.15) is 25.7 Å². The van der Waals surface area contributed by atoms with E-state index < -0.39 is 0 Å². The summed E-state index contributed by atoms with van der Waals surface area (Å²) in [6.45, 7) is 4.60. The average Bonchev–Trinajstić information content (AvgIpc) is 2.93. The van der Waals surface area contributed by atoms with Crippen LogP contribution in [0, 0.1) is 0 Å². The number of nitrogens with two attached hydrogens (primary N) is 1. The summed E-state index contributed by atoms with van der Waals surface area (Å²) in [7, 11) is 2.24. The van der Waals surface area contributed by atoms with Gasteiger partial charge in [0.25, 0.3) is 0 Å². The van der Waals surface area contributed by atoms with Gasteiger partial charge in [-0.05, 0) is 52.4 Å². The molecule has 1 aliphatic heterocycles. The highest BCUT2D eigenvalue weighted by Gasteiger charge is 2.34. The number of rotatable bonds is 3. The fourth-order valence-corrected chi connectivity index (χ4v) is 2.60. The maximum absolute atomic E-state index is 5.69. The van der Waals surface area contributed by atoms with E-state index in [4.69, 9.17) is 5.73 Å². The molecule has 2 fully saturated rings. The first-order valence-corrected chi connectivity index (χ1v) is 5.95. The van der Waals surface area contributed by atoms with Gasteiger partial charge >= 0.3 is 0 Å². The molecule has 1 atom stereocenters. The van der Waals surface area contributed by atoms with Crippen LogP contribution in [0.2, 0.25) is 0 Å². The van der Waals surface area contributed by atoms with Crippen LogP contribution in [0.15, 0.2) is 0 Å². The van der Waals surface area contributed by atoms with Gasteiger partial charge in [-0.2, -0.15) is 0 Å². The molecule has 14 heavy (non-hydrogen) atoms. The Bertz CT molecular complexity index is 179. The van der Waals surface area contributed by atoms with E-state index >= 15 is 0 Å². The summed E-state index contributed by atoms with van der Waals surface area (Å²) >= 11 is 0. The molecule has 1 unspecified atom stereocenters. The summed E-state index contributed by atoms with van der Waals surface area (Å²) < 4.78 is 0. The van der Waals surface area contributed by atoms with E-state index in [0.717, 1.165) is 18.6 Å². The van der Waals surface area contributed by atoms with Crippen molar-refractivity contribution in [1.82, 2.24) is 9.80 Å². The largest absolute Gasteiger partial charge is 0.330 e. The molecular formula is C11H23N3. The first-order chi connectivity index (χ1) is 6.81. The summed E-state index contributed by atoms with van der Waals surface area (Å²) in [6, 6.07) is 1.62. The van der Waals surface area contributed by atoms with Crippen LogP contribution in [0.4, 0.5) is 0 Å². The number of hydrogen-bond donors (Lipinski definition) is 1. The molecule has 82 valence electrons. The highest BCUT2D eigenvalue weighted by Crippen LogP contribution is 2.30. The van der Waals surface area contributed by atoms with Crippen molar-refractivity contribution in [3.63, 3.8) is 0 Å². The molecule has 1 saturated heterocycles. The maximum Gasteiger partial charge on any atom is 0.0237 e. The van der Waals surface area contributed by atoms with E-state index in [-0.39, 0.29) is 0 Å². The van der Waals surface area contributed by atoms with Crippen LogP contribution in [0.25, 0.3) is 0 Å². The van der Waals surface area contributed by atoms with Crippen molar-refractivity contribution < 1.29 is 0 Å². The van der Waals surface area contributed by atoms with E-state index in [9.17, 15) is 0 Å². The highest BCUT2D eigenvalue weighted by atomic mass is 15.3. The molecule has 0 aromatic rings. The van der Waals surface area contributed by atoms with Gasteiger partial charge in [0.15, 0.2) is 0 Å². The summed E-state index contributed by atoms with van der Waals surface area (Å²) in [5.41, 5.74) is 5.69. The predicted octanol–water partition coefficient (Wildman–Crippen LogP) is 0.504. The molecule has 2 aliphatic rings. The molecule has 1 aliphatic carbocycles. The van der Waals surface area contributed by atoms with Crippen LogP contribution >= 0.6 is 0 Å². The van der Waals surface area contributed by atoms with Crippen LogP contribution < -0.4 is 5.73 Å². The Kier molecular flexibility index (Phi) is 3.42. The zero-order valence-corrected chi connectivity index (χ0v) is 9.28. The Morgan fingerprint density at radius 1 is 1.29 bits per heavy atom. The normalized spacial score (nSPS) is 31.7. The molecule has 3 nitrogen and oxygen atoms in total. The fourth-order valence-electron chi connectivity index (χ4n) is 2.60. The van der Waals surface area contributed by atoms with E-state index in [1.165, 1.54) is 45.3 Å². The average molecular weight is 197 g/mol. The summed E-state index contributed by atoms with van der Waals surface area (Å²) in [6.07, 6.45) is 5.34. The third-order valence-corrected chi connectivity index (χ3v) is 3.46. The van der Waals surface area contributed by atoms with Crippen LogP contribution in [0.3, 0.4) is 0 Å². The van der Waals surface area contributed by atoms with Crippen molar-refractivity contribution in [1.29, 1.82) is 0 Å². The minimum absolute atomic E-state index is 0.722. The second-order valence-corrected chi connectivity index (χ2v) is 4.82. The summed E-state index contributed by atoms with van der Waals surface area (Å²) in [4.78, 5) is 5.18. The van der Waals surface area contributed by atoms with Crippen LogP contribution in [-0.2, 0) is 0 Å². The molecule has 2 N–H and O–H groups in total. The zero-order chi connectivity index (χ0) is 9.97. The molecule has 1 saturated carbocycles. The van der Waals surface area contributed by atoms with E-state index in [0.29, 0.717) is 0 Å². The zero-order valence-electron chi connectivity index (χ0n) is 9.28. The third-order valence-electron chi connectivity index (χ3n) is 3.46. The first-order valence-electron chi connectivity index (χ1n) is 5.95. The van der Waals surface area contributed by atoms with Gasteiger partial charge in [0, 0.05) is 18.6 Å². The summed E-state index contributed by atoms with van der Waals surface area (Å²) in [5.74, 6) is 0. The Balaban J connectivity index is 1.95. The van der Waals surface area contributed by atoms with Crippen molar-refractivity contribution in [3.8, 4) is 0 Å². The lowest BCUT2D eigenvalue weighted by molar-refractivity contribution is 0.172. The molecular weight excluding hydrogens is 174 g/mol. The van der Waals surface area contributed by atoms with Crippen LogP contribution in [0.5, 0.6) is 0 Å². The van der Waals surface area contributed by atoms with Crippen molar-refractivity contribution >= 4 is 0 Å². The minimum atomic E-state index is 0.722. The molecule has 2 rings (SSSR count). The Morgan fingerprint density at radius 3 is 2.71 bits per heavy atom. The lowest BCUT2D eigenvalue weighted by Crippen LogP contribution is -2.42. The highest BCUT2D eigenvalue weighted by molar-refractivity contribution is 4.91. The first kappa shape index (κ1) is 10.4. The van der Waals surface area contributed by atoms with Crippen molar-refractivity contribution in [3.05, 3.63) is 0 Å². The molecule has 0 aromatic carbocycles. The molecule has 0 bridgehead atoms. The molecule has 0 amide bonds. The smallest absolute Gasteiger partial charge is 0.0237 e. The van der Waals surface area contributed by atoms with Gasteiger partial charge in [-0.3, -0.25) is 4.90 Å². The maximum atomic E-state index is 5.69. The topological polar surface area (TPSA) is 32.5 Å². The van der Waals surface area contributed by atoms with Gasteiger partial charge in [-0.1, -0.05) is 0 Å². The number of likely N-dealkylation sites (N-methyl/N-ethyl adjacent to an activating group) is 1. The van der Waals surface area contributed by atoms with Gasteiger partial charge in [0.2, 0.25) is 0 Å². The van der Waals surface area contributed by atoms with Crippen molar-refractivity contribution in [2.24, 2.45) is 5.73 Å². The number of hydrogen-bond acceptors (Lipinski definition) is 3. The van der Waals surface area contributed by atoms with Gasteiger partial charge in [0.05, 0.1) is 0 Å².